The van der Waals surface area contributed by atoms with Crippen LogP contribution in [0.5, 0.6) is 0 Å². The normalized spacial score (nSPS) is 9.52. The fourth-order valence-electron chi connectivity index (χ4n) is 1.85. The van der Waals surface area contributed by atoms with Crippen LogP contribution in [0, 0.1) is 27.7 Å². The van der Waals surface area contributed by atoms with Gasteiger partial charge in [0.05, 0.1) is 5.56 Å². The van der Waals surface area contributed by atoms with Gasteiger partial charge in [0.1, 0.15) is 6.29 Å². The fraction of sp³-hybridized carbons (Fsp3) is 0.222. The second-order valence-corrected chi connectivity index (χ2v) is 5.10. The molecule has 3 nitrogen and oxygen atoms in total. The maximum absolute atomic E-state index is 10.6. The van der Waals surface area contributed by atoms with Crippen molar-refractivity contribution < 1.29 is 14.7 Å². The van der Waals surface area contributed by atoms with Crippen LogP contribution >= 0.6 is 0 Å². The minimum atomic E-state index is -0.855. The van der Waals surface area contributed by atoms with Crippen molar-refractivity contribution in [1.29, 1.82) is 0 Å². The Bertz CT molecular complexity index is 658. The van der Waals surface area contributed by atoms with Crippen LogP contribution in [0.3, 0.4) is 0 Å². The second-order valence-electron chi connectivity index (χ2n) is 5.10. The molecule has 1 N–H and O–H groups in total. The first-order valence-electron chi connectivity index (χ1n) is 6.68. The SMILES string of the molecule is Cc1ccc(C)c(C(=O)O)c1.Cc1ccc(C)c(C=O)c1. The molecule has 21 heavy (non-hydrogen) atoms. The van der Waals surface area contributed by atoms with Crippen LogP contribution in [0.25, 0.3) is 0 Å². The van der Waals surface area contributed by atoms with Crippen LogP contribution < -0.4 is 0 Å². The lowest BCUT2D eigenvalue weighted by Gasteiger charge is -2.00. The van der Waals surface area contributed by atoms with Crippen molar-refractivity contribution in [2.24, 2.45) is 0 Å². The van der Waals surface area contributed by atoms with Crippen LogP contribution in [0.2, 0.25) is 0 Å². The first kappa shape index (κ1) is 16.6. The Morgan fingerprint density at radius 2 is 1.43 bits per heavy atom. The molecule has 110 valence electrons. The predicted molar refractivity (Wildman–Crippen MR) is 84.2 cm³/mol. The van der Waals surface area contributed by atoms with Gasteiger partial charge in [0, 0.05) is 5.56 Å². The standard InChI is InChI=1S/C9H10O2.C9H10O/c1-6-3-4-7(2)8(5-6)9(10)11;1-7-3-4-8(2)9(5-7)6-10/h3-5H,1-2H3,(H,10,11);3-6H,1-2H3. The number of carboxylic acid groups (broad SMARTS) is 1. The van der Waals surface area contributed by atoms with E-state index in [1.165, 1.54) is 0 Å². The van der Waals surface area contributed by atoms with Crippen molar-refractivity contribution in [1.82, 2.24) is 0 Å². The number of benzene rings is 2. The summed E-state index contributed by atoms with van der Waals surface area (Å²) in [6.07, 6.45) is 0.891. The summed E-state index contributed by atoms with van der Waals surface area (Å²) in [5, 5.41) is 8.69. The molecule has 0 aromatic heterocycles. The molecule has 0 aliphatic rings. The van der Waals surface area contributed by atoms with Crippen molar-refractivity contribution >= 4 is 12.3 Å². The molecule has 0 aliphatic carbocycles. The van der Waals surface area contributed by atoms with Crippen LogP contribution in [0.1, 0.15) is 43.0 Å². The number of carboxylic acids is 1. The predicted octanol–water partition coefficient (Wildman–Crippen LogP) is 4.12. The summed E-state index contributed by atoms with van der Waals surface area (Å²) in [6.45, 7) is 7.59. The first-order valence-corrected chi connectivity index (χ1v) is 6.68. The molecule has 0 atom stereocenters. The van der Waals surface area contributed by atoms with E-state index < -0.39 is 5.97 Å². The Balaban J connectivity index is 0.000000211. The monoisotopic (exact) mass is 284 g/mol. The number of rotatable bonds is 2. The van der Waals surface area contributed by atoms with Gasteiger partial charge < -0.3 is 5.11 Å². The number of aryl methyl sites for hydroxylation is 4. The summed E-state index contributed by atoms with van der Waals surface area (Å²) in [5.74, 6) is -0.855. The molecule has 2 aromatic rings. The fourth-order valence-corrected chi connectivity index (χ4v) is 1.85. The Labute approximate surface area is 125 Å². The molecular formula is C18H20O3. The second kappa shape index (κ2) is 7.39. The Morgan fingerprint density at radius 3 is 1.86 bits per heavy atom. The molecular weight excluding hydrogens is 264 g/mol. The van der Waals surface area contributed by atoms with Gasteiger partial charge in [-0.25, -0.2) is 4.79 Å². The minimum Gasteiger partial charge on any atom is -0.478 e. The van der Waals surface area contributed by atoms with E-state index in [0.717, 1.165) is 34.1 Å². The van der Waals surface area contributed by atoms with Gasteiger partial charge >= 0.3 is 5.97 Å². The summed E-state index contributed by atoms with van der Waals surface area (Å²) in [6, 6.07) is 11.3. The highest BCUT2D eigenvalue weighted by Crippen LogP contribution is 2.09. The van der Waals surface area contributed by atoms with E-state index in [0.29, 0.717) is 5.56 Å². The molecule has 2 rings (SSSR count). The van der Waals surface area contributed by atoms with E-state index in [-0.39, 0.29) is 0 Å². The lowest BCUT2D eigenvalue weighted by atomic mass is 10.1. The number of carbonyl (C=O) groups excluding carboxylic acids is 1. The summed E-state index contributed by atoms with van der Waals surface area (Å²) in [5.41, 5.74) is 5.15. The summed E-state index contributed by atoms with van der Waals surface area (Å²) < 4.78 is 0. The van der Waals surface area contributed by atoms with Gasteiger partial charge in [-0.2, -0.15) is 0 Å². The van der Waals surface area contributed by atoms with Gasteiger partial charge in [0.15, 0.2) is 0 Å². The summed E-state index contributed by atoms with van der Waals surface area (Å²) in [4.78, 5) is 21.0. The van der Waals surface area contributed by atoms with Gasteiger partial charge in [0.2, 0.25) is 0 Å². The molecule has 0 radical (unpaired) electrons. The van der Waals surface area contributed by atoms with Crippen molar-refractivity contribution in [2.75, 3.05) is 0 Å². The molecule has 2 aromatic carbocycles. The molecule has 0 bridgehead atoms. The minimum absolute atomic E-state index is 0.394. The molecule has 3 heteroatoms. The van der Waals surface area contributed by atoms with E-state index in [2.05, 4.69) is 0 Å². The number of carbonyl (C=O) groups is 2. The van der Waals surface area contributed by atoms with Gasteiger partial charge in [-0.1, -0.05) is 35.4 Å². The van der Waals surface area contributed by atoms with Crippen LogP contribution in [-0.4, -0.2) is 17.4 Å². The van der Waals surface area contributed by atoms with Gasteiger partial charge in [-0.3, -0.25) is 4.79 Å². The Kier molecular flexibility index (Phi) is 5.85. The van der Waals surface area contributed by atoms with Crippen LogP contribution in [0.15, 0.2) is 36.4 Å². The van der Waals surface area contributed by atoms with Crippen molar-refractivity contribution in [3.63, 3.8) is 0 Å². The van der Waals surface area contributed by atoms with Crippen molar-refractivity contribution in [3.8, 4) is 0 Å². The molecule has 0 saturated carbocycles. The molecule has 0 amide bonds. The lowest BCUT2D eigenvalue weighted by Crippen LogP contribution is -1.99. The highest BCUT2D eigenvalue weighted by Gasteiger charge is 2.05. The highest BCUT2D eigenvalue weighted by molar-refractivity contribution is 5.89. The number of aromatic carboxylic acids is 1. The summed E-state index contributed by atoms with van der Waals surface area (Å²) >= 11 is 0. The smallest absolute Gasteiger partial charge is 0.335 e. The maximum atomic E-state index is 10.6. The van der Waals surface area contributed by atoms with Crippen molar-refractivity contribution in [2.45, 2.75) is 27.7 Å². The topological polar surface area (TPSA) is 54.4 Å². The third kappa shape index (κ3) is 4.88. The van der Waals surface area contributed by atoms with Gasteiger partial charge in [-0.15, -0.1) is 0 Å². The zero-order valence-electron chi connectivity index (χ0n) is 12.8. The lowest BCUT2D eigenvalue weighted by molar-refractivity contribution is 0.0696. The van der Waals surface area contributed by atoms with E-state index in [1.54, 1.807) is 13.0 Å². The van der Waals surface area contributed by atoms with E-state index >= 15 is 0 Å². The van der Waals surface area contributed by atoms with Gasteiger partial charge in [0.25, 0.3) is 0 Å². The third-order valence-electron chi connectivity index (χ3n) is 3.19. The van der Waals surface area contributed by atoms with Gasteiger partial charge in [-0.05, 0) is 51.0 Å². The number of aldehydes is 1. The summed E-state index contributed by atoms with van der Waals surface area (Å²) in [7, 11) is 0. The zero-order valence-corrected chi connectivity index (χ0v) is 12.8. The molecule has 0 fully saturated rings. The highest BCUT2D eigenvalue weighted by atomic mass is 16.4. The van der Waals surface area contributed by atoms with E-state index in [4.69, 9.17) is 5.11 Å². The van der Waals surface area contributed by atoms with E-state index in [1.807, 2.05) is 51.1 Å². The molecule has 0 spiro atoms. The quantitative estimate of drug-likeness (QED) is 0.844. The molecule has 0 saturated heterocycles. The zero-order chi connectivity index (χ0) is 16.0. The molecule has 0 heterocycles. The maximum Gasteiger partial charge on any atom is 0.335 e. The molecule has 0 unspecified atom stereocenters. The van der Waals surface area contributed by atoms with E-state index in [9.17, 15) is 9.59 Å². The first-order chi connectivity index (χ1) is 9.85. The number of hydrogen-bond acceptors (Lipinski definition) is 2. The third-order valence-corrected chi connectivity index (χ3v) is 3.19. The Morgan fingerprint density at radius 1 is 0.905 bits per heavy atom. The average molecular weight is 284 g/mol. The number of hydrogen-bond donors (Lipinski definition) is 1. The van der Waals surface area contributed by atoms with Crippen LogP contribution in [-0.2, 0) is 0 Å². The Hall–Kier alpha value is -2.42. The van der Waals surface area contributed by atoms with Crippen molar-refractivity contribution in [3.05, 3.63) is 69.8 Å². The average Bonchev–Trinajstić information content (AvgIpc) is 2.44. The molecule has 0 aliphatic heterocycles. The van der Waals surface area contributed by atoms with Crippen LogP contribution in [0.4, 0.5) is 0 Å². The largest absolute Gasteiger partial charge is 0.478 e.